The first-order valence-electron chi connectivity index (χ1n) is 7.67. The molecule has 0 unspecified atom stereocenters. The Morgan fingerprint density at radius 2 is 2.05 bits per heavy atom. The van der Waals surface area contributed by atoms with E-state index in [9.17, 15) is 9.18 Å². The second-order valence-electron chi connectivity index (χ2n) is 7.25. The second-order valence-corrected chi connectivity index (χ2v) is 7.25. The summed E-state index contributed by atoms with van der Waals surface area (Å²) in [6, 6.07) is 3.51. The van der Waals surface area contributed by atoms with Crippen LogP contribution in [-0.4, -0.2) is 34.5 Å². The van der Waals surface area contributed by atoms with Crippen molar-refractivity contribution >= 4 is 5.91 Å². The number of likely N-dealkylation sites (tertiary alicyclic amines) is 1. The van der Waals surface area contributed by atoms with Gasteiger partial charge in [0.15, 0.2) is 0 Å². The van der Waals surface area contributed by atoms with Crippen molar-refractivity contribution < 1.29 is 9.18 Å². The number of pyridine rings is 1. The molecule has 0 aliphatic carbocycles. The Morgan fingerprint density at radius 1 is 1.38 bits per heavy atom. The zero-order valence-electron chi connectivity index (χ0n) is 13.2. The van der Waals surface area contributed by atoms with Crippen molar-refractivity contribution in [2.24, 2.45) is 5.41 Å². The van der Waals surface area contributed by atoms with Crippen LogP contribution in [0.3, 0.4) is 0 Å². The van der Waals surface area contributed by atoms with Gasteiger partial charge >= 0.3 is 0 Å². The van der Waals surface area contributed by atoms with E-state index in [4.69, 9.17) is 0 Å². The Hall–Kier alpha value is -1.45. The zero-order valence-corrected chi connectivity index (χ0v) is 13.2. The van der Waals surface area contributed by atoms with Crippen LogP contribution in [0.1, 0.15) is 56.8 Å². The molecule has 0 bridgehead atoms. The van der Waals surface area contributed by atoms with Gasteiger partial charge in [0.05, 0.1) is 5.56 Å². The fraction of sp³-hybridized carbons (Fsp3) is 0.647. The van der Waals surface area contributed by atoms with Gasteiger partial charge in [-0.05, 0) is 43.2 Å². The molecule has 1 aromatic heterocycles. The van der Waals surface area contributed by atoms with Gasteiger partial charge in [0, 0.05) is 25.5 Å². The average molecular weight is 292 g/mol. The number of nitrogens with zero attached hydrogens (tertiary/aromatic N) is 2. The van der Waals surface area contributed by atoms with Crippen LogP contribution >= 0.6 is 0 Å². The Labute approximate surface area is 126 Å². The SMILES string of the molecule is CC(C)(C)CCC1(F)CCN(C(=O)c2cccnc2)CC1. The van der Waals surface area contributed by atoms with Gasteiger partial charge in [-0.3, -0.25) is 9.78 Å². The maximum atomic E-state index is 14.8. The predicted molar refractivity (Wildman–Crippen MR) is 81.9 cm³/mol. The molecule has 0 aromatic carbocycles. The van der Waals surface area contributed by atoms with Gasteiger partial charge in [-0.15, -0.1) is 0 Å². The highest BCUT2D eigenvalue weighted by atomic mass is 19.1. The molecule has 116 valence electrons. The molecule has 1 aromatic rings. The Kier molecular flexibility index (Phi) is 4.64. The average Bonchev–Trinajstić information content (AvgIpc) is 2.46. The number of carbonyl (C=O) groups excluding carboxylic acids is 1. The Morgan fingerprint density at radius 3 is 2.57 bits per heavy atom. The molecule has 2 heterocycles. The van der Waals surface area contributed by atoms with Crippen molar-refractivity contribution in [3.8, 4) is 0 Å². The fourth-order valence-corrected chi connectivity index (χ4v) is 2.63. The fourth-order valence-electron chi connectivity index (χ4n) is 2.63. The van der Waals surface area contributed by atoms with Crippen LogP contribution in [-0.2, 0) is 0 Å². The number of amides is 1. The summed E-state index contributed by atoms with van der Waals surface area (Å²) >= 11 is 0. The largest absolute Gasteiger partial charge is 0.338 e. The van der Waals surface area contributed by atoms with E-state index in [1.165, 1.54) is 0 Å². The van der Waals surface area contributed by atoms with Crippen molar-refractivity contribution in [2.75, 3.05) is 13.1 Å². The minimum Gasteiger partial charge on any atom is -0.338 e. The normalized spacial score (nSPS) is 18.6. The number of rotatable bonds is 3. The molecule has 21 heavy (non-hydrogen) atoms. The molecule has 0 saturated carbocycles. The minimum absolute atomic E-state index is 0.0408. The molecular formula is C17H25FN2O. The van der Waals surface area contributed by atoms with Crippen LogP contribution in [0.25, 0.3) is 0 Å². The second kappa shape index (κ2) is 6.12. The lowest BCUT2D eigenvalue weighted by molar-refractivity contribution is 0.0343. The minimum atomic E-state index is -1.11. The third kappa shape index (κ3) is 4.51. The first-order valence-corrected chi connectivity index (χ1v) is 7.67. The highest BCUT2D eigenvalue weighted by molar-refractivity contribution is 5.93. The summed E-state index contributed by atoms with van der Waals surface area (Å²) in [5.41, 5.74) is -0.376. The Balaban J connectivity index is 1.89. The summed E-state index contributed by atoms with van der Waals surface area (Å²) in [6.45, 7) is 7.40. The van der Waals surface area contributed by atoms with Gasteiger partial charge < -0.3 is 4.90 Å². The van der Waals surface area contributed by atoms with Gasteiger partial charge in [-0.2, -0.15) is 0 Å². The van der Waals surface area contributed by atoms with E-state index in [1.807, 2.05) is 0 Å². The van der Waals surface area contributed by atoms with E-state index in [2.05, 4.69) is 25.8 Å². The van der Waals surface area contributed by atoms with Gasteiger partial charge in [0.25, 0.3) is 5.91 Å². The lowest BCUT2D eigenvalue weighted by Crippen LogP contribution is -2.44. The number of alkyl halides is 1. The first-order chi connectivity index (χ1) is 9.79. The topological polar surface area (TPSA) is 33.2 Å². The van der Waals surface area contributed by atoms with E-state index in [0.717, 1.165) is 6.42 Å². The smallest absolute Gasteiger partial charge is 0.255 e. The maximum absolute atomic E-state index is 14.8. The molecule has 0 spiro atoms. The van der Waals surface area contributed by atoms with Crippen molar-refractivity contribution in [3.05, 3.63) is 30.1 Å². The maximum Gasteiger partial charge on any atom is 0.255 e. The number of piperidine rings is 1. The summed E-state index contributed by atoms with van der Waals surface area (Å²) in [5, 5.41) is 0. The van der Waals surface area contributed by atoms with Gasteiger partial charge in [-0.1, -0.05) is 20.8 Å². The summed E-state index contributed by atoms with van der Waals surface area (Å²) in [7, 11) is 0. The van der Waals surface area contributed by atoms with E-state index in [0.29, 0.717) is 37.9 Å². The summed E-state index contributed by atoms with van der Waals surface area (Å²) in [4.78, 5) is 18.0. The number of carbonyl (C=O) groups is 1. The van der Waals surface area contributed by atoms with Crippen molar-refractivity contribution in [1.82, 2.24) is 9.88 Å². The number of aromatic nitrogens is 1. The van der Waals surface area contributed by atoms with E-state index < -0.39 is 5.67 Å². The van der Waals surface area contributed by atoms with Crippen molar-refractivity contribution in [1.29, 1.82) is 0 Å². The molecule has 1 fully saturated rings. The molecule has 0 atom stereocenters. The van der Waals surface area contributed by atoms with E-state index in [-0.39, 0.29) is 11.3 Å². The van der Waals surface area contributed by atoms with Crippen LogP contribution in [0.15, 0.2) is 24.5 Å². The lowest BCUT2D eigenvalue weighted by atomic mass is 9.81. The molecule has 0 radical (unpaired) electrons. The van der Waals surface area contributed by atoms with Gasteiger partial charge in [0.2, 0.25) is 0 Å². The van der Waals surface area contributed by atoms with E-state index >= 15 is 0 Å². The first kappa shape index (κ1) is 15.9. The van der Waals surface area contributed by atoms with Crippen molar-refractivity contribution in [2.45, 2.75) is 52.1 Å². The quantitative estimate of drug-likeness (QED) is 0.847. The van der Waals surface area contributed by atoms with Crippen molar-refractivity contribution in [3.63, 3.8) is 0 Å². The zero-order chi connectivity index (χ0) is 15.5. The number of hydrogen-bond donors (Lipinski definition) is 0. The number of halogens is 1. The molecular weight excluding hydrogens is 267 g/mol. The third-order valence-corrected chi connectivity index (χ3v) is 4.18. The number of hydrogen-bond acceptors (Lipinski definition) is 2. The highest BCUT2D eigenvalue weighted by Gasteiger charge is 2.36. The van der Waals surface area contributed by atoms with Gasteiger partial charge in [0.1, 0.15) is 5.67 Å². The van der Waals surface area contributed by atoms with E-state index in [1.54, 1.807) is 29.4 Å². The lowest BCUT2D eigenvalue weighted by Gasteiger charge is -2.37. The third-order valence-electron chi connectivity index (χ3n) is 4.18. The monoisotopic (exact) mass is 292 g/mol. The van der Waals surface area contributed by atoms with Crippen LogP contribution in [0.2, 0.25) is 0 Å². The standard InChI is InChI=1S/C17H25FN2O/c1-16(2,3)6-7-17(18)8-11-20(12-9-17)15(21)14-5-4-10-19-13-14/h4-5,10,13H,6-9,11-12H2,1-3H3. The predicted octanol–water partition coefficient (Wildman–Crippen LogP) is 3.85. The summed E-state index contributed by atoms with van der Waals surface area (Å²) in [5.74, 6) is -0.0408. The molecule has 1 aliphatic rings. The molecule has 4 heteroatoms. The van der Waals surface area contributed by atoms with Gasteiger partial charge in [-0.25, -0.2) is 4.39 Å². The summed E-state index contributed by atoms with van der Waals surface area (Å²) in [6.07, 6.45) is 5.56. The molecule has 1 amide bonds. The molecule has 2 rings (SSSR count). The Bertz CT molecular complexity index is 473. The highest BCUT2D eigenvalue weighted by Crippen LogP contribution is 2.35. The molecule has 0 N–H and O–H groups in total. The van der Waals surface area contributed by atoms with Crippen LogP contribution in [0.5, 0.6) is 0 Å². The van der Waals surface area contributed by atoms with Crippen LogP contribution in [0, 0.1) is 5.41 Å². The molecule has 1 aliphatic heterocycles. The van der Waals surface area contributed by atoms with Crippen LogP contribution in [0.4, 0.5) is 4.39 Å². The molecule has 3 nitrogen and oxygen atoms in total. The molecule has 1 saturated heterocycles. The summed E-state index contributed by atoms with van der Waals surface area (Å²) < 4.78 is 14.8. The van der Waals surface area contributed by atoms with Crippen LogP contribution < -0.4 is 0 Å².